The Kier molecular flexibility index (Phi) is 3.31. The molecule has 58 valence electrons. The van der Waals surface area contributed by atoms with E-state index in [1.165, 1.54) is 6.07 Å². The largest absolute Gasteiger partial charge is 0.476 e. The van der Waals surface area contributed by atoms with Crippen LogP contribution >= 0.6 is 0 Å². The van der Waals surface area contributed by atoms with E-state index < -0.39 is 17.7 Å². The molecule has 0 aliphatic heterocycles. The van der Waals surface area contributed by atoms with Crippen LogP contribution in [0.2, 0.25) is 0 Å². The van der Waals surface area contributed by atoms with Crippen LogP contribution in [0.3, 0.4) is 0 Å². The highest BCUT2D eigenvalue weighted by Crippen LogP contribution is 1.81. The summed E-state index contributed by atoms with van der Waals surface area (Å²) in [5.41, 5.74) is -0.861. The summed E-state index contributed by atoms with van der Waals surface area (Å²) in [6, 6.07) is 1.23. The third kappa shape index (κ3) is 3.64. The van der Waals surface area contributed by atoms with E-state index >= 15 is 0 Å². The van der Waals surface area contributed by atoms with Crippen LogP contribution in [-0.4, -0.2) is 22.8 Å². The molecular formula is C5H4N2O4. The summed E-state index contributed by atoms with van der Waals surface area (Å²) in [5, 5.41) is 18.9. The predicted octanol–water partition coefficient (Wildman–Crippen LogP) is -0.486. The van der Waals surface area contributed by atoms with Crippen molar-refractivity contribution in [2.24, 2.45) is 5.16 Å². The number of carboxylic acid groups (broad SMARTS) is 1. The normalized spacial score (nSPS) is 10.0. The molecule has 6 nitrogen and oxygen atoms in total. The van der Waals surface area contributed by atoms with Crippen LogP contribution in [-0.2, 0) is 14.4 Å². The minimum atomic E-state index is -1.53. The highest BCUT2D eigenvalue weighted by atomic mass is 16.7. The number of hydrogen-bond donors (Lipinski definition) is 1. The minimum Gasteiger partial charge on any atom is -0.476 e. The third-order valence-electron chi connectivity index (χ3n) is 0.574. The van der Waals surface area contributed by atoms with Crippen LogP contribution < -0.4 is 0 Å². The van der Waals surface area contributed by atoms with E-state index in [-0.39, 0.29) is 0 Å². The van der Waals surface area contributed by atoms with E-state index in [0.717, 1.165) is 6.92 Å². The van der Waals surface area contributed by atoms with E-state index in [4.69, 9.17) is 10.4 Å². The zero-order chi connectivity index (χ0) is 8.85. The molecule has 0 aromatic rings. The Hall–Kier alpha value is -1.90. The molecule has 0 aliphatic rings. The summed E-state index contributed by atoms with van der Waals surface area (Å²) in [6.45, 7) is 1.04. The van der Waals surface area contributed by atoms with Gasteiger partial charge in [-0.25, -0.2) is 9.59 Å². The van der Waals surface area contributed by atoms with Gasteiger partial charge in [-0.2, -0.15) is 5.26 Å². The van der Waals surface area contributed by atoms with Crippen molar-refractivity contribution in [3.05, 3.63) is 0 Å². The number of nitrogens with zero attached hydrogens (tertiary/aromatic N) is 2. The maximum atomic E-state index is 10.1. The summed E-state index contributed by atoms with van der Waals surface area (Å²) in [6.07, 6.45) is 0. The first-order valence-electron chi connectivity index (χ1n) is 2.47. The number of hydrogen-bond acceptors (Lipinski definition) is 5. The smallest absolute Gasteiger partial charge is 0.369 e. The van der Waals surface area contributed by atoms with Crippen molar-refractivity contribution >= 4 is 17.7 Å². The maximum Gasteiger partial charge on any atom is 0.369 e. The Morgan fingerprint density at radius 2 is 2.18 bits per heavy atom. The number of carbonyl (C=O) groups is 2. The molecule has 0 saturated heterocycles. The molecule has 0 aliphatic carbocycles. The number of carboxylic acids is 1. The van der Waals surface area contributed by atoms with Gasteiger partial charge in [0.15, 0.2) is 0 Å². The fraction of sp³-hybridized carbons (Fsp3) is 0.200. The lowest BCUT2D eigenvalue weighted by atomic mass is 10.4. The van der Waals surface area contributed by atoms with E-state index in [1.807, 2.05) is 0 Å². The summed E-state index contributed by atoms with van der Waals surface area (Å²) < 4.78 is 0. The molecule has 0 unspecified atom stereocenters. The van der Waals surface area contributed by atoms with Crippen LogP contribution in [0.1, 0.15) is 6.92 Å². The van der Waals surface area contributed by atoms with Gasteiger partial charge < -0.3 is 9.94 Å². The molecule has 0 radical (unpaired) electrons. The average Bonchev–Trinajstić information content (AvgIpc) is 1.87. The zero-order valence-corrected chi connectivity index (χ0v) is 5.57. The van der Waals surface area contributed by atoms with Crippen LogP contribution in [0, 0.1) is 11.3 Å². The second-order valence-corrected chi connectivity index (χ2v) is 1.44. The van der Waals surface area contributed by atoms with Crippen molar-refractivity contribution in [2.75, 3.05) is 0 Å². The molecule has 0 aromatic carbocycles. The van der Waals surface area contributed by atoms with Gasteiger partial charge in [-0.1, -0.05) is 5.16 Å². The van der Waals surface area contributed by atoms with Gasteiger partial charge in [0.1, 0.15) is 6.07 Å². The molecule has 0 fully saturated rings. The van der Waals surface area contributed by atoms with Crippen molar-refractivity contribution in [3.63, 3.8) is 0 Å². The first kappa shape index (κ1) is 9.10. The fourth-order valence-electron chi connectivity index (χ4n) is 0.217. The van der Waals surface area contributed by atoms with Gasteiger partial charge in [0, 0.05) is 6.92 Å². The van der Waals surface area contributed by atoms with Crippen molar-refractivity contribution in [1.29, 1.82) is 5.26 Å². The zero-order valence-electron chi connectivity index (χ0n) is 5.57. The number of aliphatic carboxylic acids is 1. The third-order valence-corrected chi connectivity index (χ3v) is 0.574. The van der Waals surface area contributed by atoms with Gasteiger partial charge in [-0.15, -0.1) is 0 Å². The second kappa shape index (κ2) is 4.00. The van der Waals surface area contributed by atoms with Gasteiger partial charge in [-0.3, -0.25) is 0 Å². The van der Waals surface area contributed by atoms with Crippen molar-refractivity contribution in [2.45, 2.75) is 6.92 Å². The summed E-state index contributed by atoms with van der Waals surface area (Å²) in [4.78, 5) is 24.0. The molecule has 0 bridgehead atoms. The molecule has 0 heterocycles. The Morgan fingerprint density at radius 3 is 2.45 bits per heavy atom. The molecule has 0 amide bonds. The fourth-order valence-corrected chi connectivity index (χ4v) is 0.217. The van der Waals surface area contributed by atoms with Gasteiger partial charge in [0.2, 0.25) is 0 Å². The predicted molar refractivity (Wildman–Crippen MR) is 32.4 cm³/mol. The van der Waals surface area contributed by atoms with Gasteiger partial charge in [0.25, 0.3) is 5.71 Å². The molecule has 0 aromatic heterocycles. The first-order valence-corrected chi connectivity index (χ1v) is 2.47. The van der Waals surface area contributed by atoms with Gasteiger partial charge in [0.05, 0.1) is 0 Å². The molecule has 11 heavy (non-hydrogen) atoms. The van der Waals surface area contributed by atoms with Crippen LogP contribution in [0.4, 0.5) is 0 Å². The van der Waals surface area contributed by atoms with E-state index in [1.54, 1.807) is 0 Å². The SMILES string of the molecule is CC(=O)O/N=C(\C#N)C(=O)O. The number of carbonyl (C=O) groups excluding carboxylic acids is 1. The van der Waals surface area contributed by atoms with Crippen molar-refractivity contribution < 1.29 is 19.5 Å². The quantitative estimate of drug-likeness (QED) is 0.330. The Bertz CT molecular complexity index is 250. The highest BCUT2D eigenvalue weighted by Gasteiger charge is 2.08. The van der Waals surface area contributed by atoms with Crippen LogP contribution in [0.25, 0.3) is 0 Å². The van der Waals surface area contributed by atoms with Gasteiger partial charge in [-0.05, 0) is 0 Å². The molecule has 0 rings (SSSR count). The molecular weight excluding hydrogens is 152 g/mol. The number of nitriles is 1. The number of oxime groups is 1. The summed E-state index contributed by atoms with van der Waals surface area (Å²) in [7, 11) is 0. The molecule has 1 N–H and O–H groups in total. The molecule has 6 heteroatoms. The molecule has 0 saturated carbocycles. The Labute approximate surface area is 61.7 Å². The lowest BCUT2D eigenvalue weighted by Crippen LogP contribution is -2.11. The van der Waals surface area contributed by atoms with Crippen molar-refractivity contribution in [3.8, 4) is 6.07 Å². The number of rotatable bonds is 2. The van der Waals surface area contributed by atoms with E-state index in [9.17, 15) is 9.59 Å². The first-order chi connectivity index (χ1) is 5.07. The second-order valence-electron chi connectivity index (χ2n) is 1.44. The average molecular weight is 156 g/mol. The standard InChI is InChI=1S/C5H4N2O4/c1-3(8)11-7-4(2-6)5(9)10/h1H3,(H,9,10)/b7-4+. The highest BCUT2D eigenvalue weighted by molar-refractivity contribution is 6.42. The Balaban J connectivity index is 4.28. The van der Waals surface area contributed by atoms with E-state index in [2.05, 4.69) is 9.99 Å². The topological polar surface area (TPSA) is 99.8 Å². The van der Waals surface area contributed by atoms with Crippen LogP contribution in [0.15, 0.2) is 5.16 Å². The summed E-state index contributed by atoms with van der Waals surface area (Å²) in [5.74, 6) is -2.31. The molecule has 0 spiro atoms. The van der Waals surface area contributed by atoms with Crippen molar-refractivity contribution in [1.82, 2.24) is 0 Å². The lowest BCUT2D eigenvalue weighted by molar-refractivity contribution is -0.141. The minimum absolute atomic E-state index is 0.779. The Morgan fingerprint density at radius 1 is 1.64 bits per heavy atom. The summed E-state index contributed by atoms with van der Waals surface area (Å²) >= 11 is 0. The lowest BCUT2D eigenvalue weighted by Gasteiger charge is -1.88. The maximum absolute atomic E-state index is 10.1. The monoisotopic (exact) mass is 156 g/mol. The van der Waals surface area contributed by atoms with Gasteiger partial charge >= 0.3 is 11.9 Å². The molecule has 0 atom stereocenters. The van der Waals surface area contributed by atoms with E-state index in [0.29, 0.717) is 0 Å². The van der Waals surface area contributed by atoms with Crippen LogP contribution in [0.5, 0.6) is 0 Å².